The molecule has 11 heavy (non-hydrogen) atoms. The quantitative estimate of drug-likeness (QED) is 0.713. The summed E-state index contributed by atoms with van der Waals surface area (Å²) in [5, 5.41) is 0.288. The number of rotatable bonds is 3. The van der Waals surface area contributed by atoms with E-state index in [0.29, 0.717) is 0 Å². The average Bonchev–Trinajstić information content (AvgIpc) is 2.31. The van der Waals surface area contributed by atoms with Gasteiger partial charge in [0.2, 0.25) is 0 Å². The molecule has 0 aliphatic carbocycles. The van der Waals surface area contributed by atoms with Crippen molar-refractivity contribution >= 4 is 38.9 Å². The normalized spacial score (nSPS) is 13.4. The first-order chi connectivity index (χ1) is 5.18. The zero-order valence-corrected chi connectivity index (χ0v) is 9.47. The smallest absolute Gasteiger partial charge is 0.0701 e. The number of thiophene rings is 1. The summed E-state index contributed by atoms with van der Waals surface area (Å²) in [5.41, 5.74) is 0. The fourth-order valence-electron chi connectivity index (χ4n) is 0.827. The first-order valence-electron chi connectivity index (χ1n) is 3.57. The van der Waals surface area contributed by atoms with Crippen LogP contribution in [0.25, 0.3) is 0 Å². The van der Waals surface area contributed by atoms with Crippen molar-refractivity contribution < 1.29 is 0 Å². The lowest BCUT2D eigenvalue weighted by molar-refractivity contribution is 0.812. The highest BCUT2D eigenvalue weighted by molar-refractivity contribution is 9.11. The van der Waals surface area contributed by atoms with E-state index >= 15 is 0 Å². The zero-order valence-electron chi connectivity index (χ0n) is 6.31. The molecular weight excluding hydrogens is 244 g/mol. The number of halogens is 2. The predicted octanol–water partition coefficient (Wildman–Crippen LogP) is 4.07. The fraction of sp³-hybridized carbons (Fsp3) is 0.500. The highest BCUT2D eigenvalue weighted by Gasteiger charge is 2.00. The predicted molar refractivity (Wildman–Crippen MR) is 55.7 cm³/mol. The first kappa shape index (κ1) is 9.56. The molecule has 62 valence electrons. The van der Waals surface area contributed by atoms with Crippen molar-refractivity contribution in [1.29, 1.82) is 0 Å². The second kappa shape index (κ2) is 4.48. The fourth-order valence-corrected chi connectivity index (χ4v) is 2.43. The summed E-state index contributed by atoms with van der Waals surface area (Å²) in [5.74, 6) is 0. The maximum absolute atomic E-state index is 5.83. The van der Waals surface area contributed by atoms with E-state index in [-0.39, 0.29) is 5.38 Å². The molecule has 0 radical (unpaired) electrons. The second-order valence-electron chi connectivity index (χ2n) is 2.53. The molecule has 0 nitrogen and oxygen atoms in total. The van der Waals surface area contributed by atoms with Gasteiger partial charge in [-0.1, -0.05) is 0 Å². The van der Waals surface area contributed by atoms with Gasteiger partial charge in [0.1, 0.15) is 0 Å². The van der Waals surface area contributed by atoms with Gasteiger partial charge < -0.3 is 0 Å². The number of hydrogen-bond donors (Lipinski definition) is 0. The topological polar surface area (TPSA) is 0 Å². The maximum atomic E-state index is 5.83. The van der Waals surface area contributed by atoms with Gasteiger partial charge in [-0.3, -0.25) is 0 Å². The molecule has 1 unspecified atom stereocenters. The minimum absolute atomic E-state index is 0.288. The van der Waals surface area contributed by atoms with Crippen LogP contribution in [-0.4, -0.2) is 5.38 Å². The van der Waals surface area contributed by atoms with Gasteiger partial charge >= 0.3 is 0 Å². The van der Waals surface area contributed by atoms with Gasteiger partial charge in [0, 0.05) is 10.3 Å². The number of hydrogen-bond acceptors (Lipinski definition) is 1. The van der Waals surface area contributed by atoms with Crippen LogP contribution >= 0.6 is 38.9 Å². The molecule has 0 aliphatic heterocycles. The molecule has 1 rings (SSSR count). The van der Waals surface area contributed by atoms with Gasteiger partial charge in [-0.2, -0.15) is 0 Å². The summed E-state index contributed by atoms with van der Waals surface area (Å²) < 4.78 is 1.20. The Bertz CT molecular complexity index is 220. The van der Waals surface area contributed by atoms with Crippen molar-refractivity contribution in [2.45, 2.75) is 25.1 Å². The lowest BCUT2D eigenvalue weighted by Gasteiger charge is -1.98. The molecule has 1 aromatic heterocycles. The van der Waals surface area contributed by atoms with Crippen molar-refractivity contribution in [2.24, 2.45) is 0 Å². The summed E-state index contributed by atoms with van der Waals surface area (Å²) >= 11 is 11.0. The molecule has 1 aromatic rings. The Morgan fingerprint density at radius 3 is 2.82 bits per heavy atom. The third-order valence-electron chi connectivity index (χ3n) is 1.42. The van der Waals surface area contributed by atoms with Gasteiger partial charge in [0.25, 0.3) is 0 Å². The van der Waals surface area contributed by atoms with Crippen LogP contribution in [0.2, 0.25) is 0 Å². The van der Waals surface area contributed by atoms with Crippen molar-refractivity contribution in [1.82, 2.24) is 0 Å². The van der Waals surface area contributed by atoms with E-state index in [0.717, 1.165) is 12.8 Å². The van der Waals surface area contributed by atoms with E-state index in [9.17, 15) is 0 Å². The van der Waals surface area contributed by atoms with Crippen molar-refractivity contribution in [3.8, 4) is 0 Å². The van der Waals surface area contributed by atoms with Gasteiger partial charge in [0.05, 0.1) is 3.79 Å². The van der Waals surface area contributed by atoms with Crippen LogP contribution in [-0.2, 0) is 6.42 Å². The maximum Gasteiger partial charge on any atom is 0.0701 e. The van der Waals surface area contributed by atoms with Crippen molar-refractivity contribution in [2.75, 3.05) is 0 Å². The van der Waals surface area contributed by atoms with Crippen molar-refractivity contribution in [3.05, 3.63) is 20.8 Å². The van der Waals surface area contributed by atoms with E-state index in [1.807, 2.05) is 6.92 Å². The Morgan fingerprint density at radius 1 is 1.64 bits per heavy atom. The Balaban J connectivity index is 2.39. The Labute approximate surface area is 84.7 Å². The van der Waals surface area contributed by atoms with E-state index in [4.69, 9.17) is 11.6 Å². The molecule has 0 saturated carbocycles. The van der Waals surface area contributed by atoms with Gasteiger partial charge in [-0.15, -0.1) is 22.9 Å². The molecule has 0 aliphatic rings. The van der Waals surface area contributed by atoms with Gasteiger partial charge in [0.15, 0.2) is 0 Å². The minimum atomic E-state index is 0.288. The van der Waals surface area contributed by atoms with E-state index in [1.165, 1.54) is 8.66 Å². The summed E-state index contributed by atoms with van der Waals surface area (Å²) in [7, 11) is 0. The Hall–Kier alpha value is 0.470. The minimum Gasteiger partial charge on any atom is -0.133 e. The van der Waals surface area contributed by atoms with Crippen LogP contribution in [0.15, 0.2) is 15.9 Å². The molecule has 0 bridgehead atoms. The summed E-state index contributed by atoms with van der Waals surface area (Å²) in [6.45, 7) is 2.03. The molecule has 0 saturated heterocycles. The van der Waals surface area contributed by atoms with E-state index < -0.39 is 0 Å². The highest BCUT2D eigenvalue weighted by atomic mass is 79.9. The third-order valence-corrected chi connectivity index (χ3v) is 3.32. The molecule has 3 heteroatoms. The average molecular weight is 254 g/mol. The van der Waals surface area contributed by atoms with Crippen LogP contribution in [0.3, 0.4) is 0 Å². The van der Waals surface area contributed by atoms with E-state index in [1.54, 1.807) is 11.3 Å². The summed E-state index contributed by atoms with van der Waals surface area (Å²) in [6, 6.07) is 4.23. The van der Waals surface area contributed by atoms with E-state index in [2.05, 4.69) is 28.1 Å². The van der Waals surface area contributed by atoms with Crippen LogP contribution in [0.5, 0.6) is 0 Å². The number of aryl methyl sites for hydroxylation is 1. The highest BCUT2D eigenvalue weighted by Crippen LogP contribution is 2.23. The number of alkyl halides is 1. The summed E-state index contributed by atoms with van der Waals surface area (Å²) in [6.07, 6.45) is 2.16. The van der Waals surface area contributed by atoms with Crippen LogP contribution in [0.4, 0.5) is 0 Å². The van der Waals surface area contributed by atoms with Crippen LogP contribution in [0, 0.1) is 0 Å². The molecule has 0 N–H and O–H groups in total. The van der Waals surface area contributed by atoms with Gasteiger partial charge in [-0.25, -0.2) is 0 Å². The molecular formula is C8H10BrClS. The van der Waals surface area contributed by atoms with Crippen LogP contribution in [0.1, 0.15) is 18.2 Å². The Morgan fingerprint density at radius 2 is 2.36 bits per heavy atom. The lowest BCUT2D eigenvalue weighted by Crippen LogP contribution is -1.91. The standard InChI is InChI=1S/C8H10BrClS/c1-6(10)2-3-7-4-5-8(9)11-7/h4-6H,2-3H2,1H3. The molecule has 0 amide bonds. The molecule has 1 heterocycles. The van der Waals surface area contributed by atoms with Crippen LogP contribution < -0.4 is 0 Å². The Kier molecular flexibility index (Phi) is 3.90. The molecule has 1 atom stereocenters. The zero-order chi connectivity index (χ0) is 8.27. The SMILES string of the molecule is CC(Cl)CCc1ccc(Br)s1. The third kappa shape index (κ3) is 3.59. The molecule has 0 spiro atoms. The van der Waals surface area contributed by atoms with Crippen molar-refractivity contribution in [3.63, 3.8) is 0 Å². The largest absolute Gasteiger partial charge is 0.133 e. The summed E-state index contributed by atoms with van der Waals surface area (Å²) in [4.78, 5) is 1.41. The second-order valence-corrected chi connectivity index (χ2v) is 5.82. The molecule has 0 fully saturated rings. The lowest BCUT2D eigenvalue weighted by atomic mass is 10.2. The monoisotopic (exact) mass is 252 g/mol. The first-order valence-corrected chi connectivity index (χ1v) is 5.61. The molecule has 0 aromatic carbocycles. The van der Waals surface area contributed by atoms with Gasteiger partial charge in [-0.05, 0) is 47.8 Å².